The highest BCUT2D eigenvalue weighted by Gasteiger charge is 2.31. The Morgan fingerprint density at radius 2 is 1.66 bits per heavy atom. The van der Waals surface area contributed by atoms with Gasteiger partial charge in [0.2, 0.25) is 23.6 Å². The molecule has 1 rings (SSSR count). The van der Waals surface area contributed by atoms with Crippen LogP contribution in [-0.4, -0.2) is 80.8 Å². The molecule has 13 nitrogen and oxygen atoms in total. The topological polar surface area (TPSA) is 222 Å². The highest BCUT2D eigenvalue weighted by Crippen LogP contribution is 2.08. The number of thioether (sulfide) groups is 1. The Labute approximate surface area is 207 Å². The van der Waals surface area contributed by atoms with Crippen LogP contribution in [0.3, 0.4) is 0 Å². The lowest BCUT2D eigenvalue weighted by Gasteiger charge is -2.25. The Bertz CT molecular complexity index is 864. The van der Waals surface area contributed by atoms with E-state index in [0.29, 0.717) is 17.9 Å². The summed E-state index contributed by atoms with van der Waals surface area (Å²) in [6.45, 7) is 3.74. The minimum Gasteiger partial charge on any atom is -0.480 e. The molecule has 4 amide bonds. The number of primary amides is 1. The first-order valence-electron chi connectivity index (χ1n) is 11.1. The Morgan fingerprint density at radius 3 is 2.17 bits per heavy atom. The number of H-pyrrole nitrogens is 1. The number of carboxylic acids is 1. The van der Waals surface area contributed by atoms with Crippen LogP contribution in [0.15, 0.2) is 12.5 Å². The number of carbonyl (C=O) groups excluding carboxylic acids is 4. The lowest BCUT2D eigenvalue weighted by Crippen LogP contribution is -2.58. The number of nitrogens with zero attached hydrogens (tertiary/aromatic N) is 1. The number of aromatic nitrogens is 2. The molecule has 0 spiro atoms. The van der Waals surface area contributed by atoms with E-state index in [1.54, 1.807) is 11.8 Å². The molecule has 0 radical (unpaired) electrons. The van der Waals surface area contributed by atoms with Crippen molar-refractivity contribution in [3.8, 4) is 0 Å². The van der Waals surface area contributed by atoms with Crippen LogP contribution in [0.1, 0.15) is 38.8 Å². The summed E-state index contributed by atoms with van der Waals surface area (Å²) < 4.78 is 0. The monoisotopic (exact) mass is 513 g/mol. The minimum absolute atomic E-state index is 0.0281. The minimum atomic E-state index is -1.57. The molecule has 35 heavy (non-hydrogen) atoms. The molecule has 1 heterocycles. The van der Waals surface area contributed by atoms with Gasteiger partial charge in [-0.05, 0) is 30.8 Å². The van der Waals surface area contributed by atoms with E-state index in [9.17, 15) is 29.1 Å². The third kappa shape index (κ3) is 11.2. The van der Waals surface area contributed by atoms with E-state index in [-0.39, 0.29) is 18.8 Å². The normalized spacial score (nSPS) is 14.4. The molecule has 0 fully saturated rings. The summed E-state index contributed by atoms with van der Waals surface area (Å²) in [6, 6.07) is -4.56. The lowest BCUT2D eigenvalue weighted by atomic mass is 10.0. The van der Waals surface area contributed by atoms with Crippen LogP contribution in [0, 0.1) is 5.92 Å². The lowest BCUT2D eigenvalue weighted by molar-refractivity contribution is -0.143. The average Bonchev–Trinajstić information content (AvgIpc) is 3.28. The zero-order chi connectivity index (χ0) is 26.5. The molecule has 9 N–H and O–H groups in total. The molecule has 196 valence electrons. The van der Waals surface area contributed by atoms with Crippen LogP contribution in [0.4, 0.5) is 0 Å². The van der Waals surface area contributed by atoms with Crippen molar-refractivity contribution in [2.45, 2.75) is 63.7 Å². The molecule has 0 aliphatic carbocycles. The molecule has 0 aliphatic rings. The van der Waals surface area contributed by atoms with Gasteiger partial charge in [0.15, 0.2) is 0 Å². The molecule has 0 saturated heterocycles. The first-order chi connectivity index (χ1) is 16.4. The second-order valence-corrected chi connectivity index (χ2v) is 9.48. The number of rotatable bonds is 16. The standard InChI is InChI=1S/C21H35N7O6S/c1-11(2)6-14(26-18(30)13(22)4-5-35-3)19(31)27-15(7-12-9-24-10-25-12)20(32)28-16(21(33)34)8-17(23)29/h9-11,13-16H,4-8,22H2,1-3H3,(H2,23,29)(H,24,25)(H,26,30)(H,27,31)(H,28,32)(H,33,34). The van der Waals surface area contributed by atoms with Gasteiger partial charge < -0.3 is 37.5 Å². The Balaban J connectivity index is 3.05. The largest absolute Gasteiger partial charge is 0.480 e. The number of nitrogens with two attached hydrogens (primary N) is 2. The molecule has 0 aromatic carbocycles. The first-order valence-corrected chi connectivity index (χ1v) is 12.5. The van der Waals surface area contributed by atoms with Crippen molar-refractivity contribution in [2.24, 2.45) is 17.4 Å². The Kier molecular flexibility index (Phi) is 12.8. The van der Waals surface area contributed by atoms with Crippen LogP contribution < -0.4 is 27.4 Å². The van der Waals surface area contributed by atoms with E-state index in [0.717, 1.165) is 0 Å². The smallest absolute Gasteiger partial charge is 0.326 e. The van der Waals surface area contributed by atoms with E-state index in [2.05, 4.69) is 25.9 Å². The van der Waals surface area contributed by atoms with Gasteiger partial charge >= 0.3 is 5.97 Å². The van der Waals surface area contributed by atoms with Crippen molar-refractivity contribution in [2.75, 3.05) is 12.0 Å². The first kappa shape index (κ1) is 29.9. The number of hydrogen-bond donors (Lipinski definition) is 7. The maximum Gasteiger partial charge on any atom is 0.326 e. The fraction of sp³-hybridized carbons (Fsp3) is 0.619. The maximum atomic E-state index is 13.1. The molecule has 14 heteroatoms. The number of amides is 4. The predicted molar refractivity (Wildman–Crippen MR) is 130 cm³/mol. The van der Waals surface area contributed by atoms with Gasteiger partial charge in [-0.1, -0.05) is 13.8 Å². The number of carbonyl (C=O) groups is 5. The zero-order valence-electron chi connectivity index (χ0n) is 20.1. The fourth-order valence-electron chi connectivity index (χ4n) is 3.13. The van der Waals surface area contributed by atoms with Gasteiger partial charge in [-0.25, -0.2) is 9.78 Å². The number of aromatic amines is 1. The molecule has 4 unspecified atom stereocenters. The van der Waals surface area contributed by atoms with E-state index < -0.39 is 60.2 Å². The van der Waals surface area contributed by atoms with Crippen LogP contribution in [0.5, 0.6) is 0 Å². The van der Waals surface area contributed by atoms with Crippen molar-refractivity contribution >= 4 is 41.4 Å². The van der Waals surface area contributed by atoms with Crippen molar-refractivity contribution in [1.82, 2.24) is 25.9 Å². The summed E-state index contributed by atoms with van der Waals surface area (Å²) in [6.07, 6.45) is 4.78. The summed E-state index contributed by atoms with van der Waals surface area (Å²) >= 11 is 1.54. The molecule has 1 aromatic rings. The molecule has 1 aromatic heterocycles. The van der Waals surface area contributed by atoms with Crippen LogP contribution in [-0.2, 0) is 30.4 Å². The second-order valence-electron chi connectivity index (χ2n) is 8.49. The van der Waals surface area contributed by atoms with Crippen LogP contribution in [0.25, 0.3) is 0 Å². The number of aliphatic carboxylic acids is 1. The number of hydrogen-bond acceptors (Lipinski definition) is 8. The van der Waals surface area contributed by atoms with E-state index in [1.807, 2.05) is 20.1 Å². The van der Waals surface area contributed by atoms with Gasteiger partial charge in [-0.3, -0.25) is 19.2 Å². The molecular weight excluding hydrogens is 478 g/mol. The number of imidazole rings is 1. The fourth-order valence-corrected chi connectivity index (χ4v) is 3.62. The van der Waals surface area contributed by atoms with E-state index in [1.165, 1.54) is 12.5 Å². The summed E-state index contributed by atoms with van der Waals surface area (Å²) in [7, 11) is 0. The quantitative estimate of drug-likeness (QED) is 0.136. The Hall–Kier alpha value is -3.13. The van der Waals surface area contributed by atoms with Crippen molar-refractivity contribution < 1.29 is 29.1 Å². The van der Waals surface area contributed by atoms with Crippen molar-refractivity contribution in [3.63, 3.8) is 0 Å². The van der Waals surface area contributed by atoms with Crippen molar-refractivity contribution in [3.05, 3.63) is 18.2 Å². The number of nitrogens with one attached hydrogen (secondary N) is 4. The molecular formula is C21H35N7O6S. The highest BCUT2D eigenvalue weighted by molar-refractivity contribution is 7.98. The average molecular weight is 514 g/mol. The van der Waals surface area contributed by atoms with Gasteiger partial charge in [0.1, 0.15) is 18.1 Å². The van der Waals surface area contributed by atoms with Gasteiger partial charge in [0.25, 0.3) is 0 Å². The third-order valence-electron chi connectivity index (χ3n) is 4.94. The zero-order valence-corrected chi connectivity index (χ0v) is 20.9. The van der Waals surface area contributed by atoms with Crippen LogP contribution >= 0.6 is 11.8 Å². The van der Waals surface area contributed by atoms with E-state index >= 15 is 0 Å². The molecule has 0 saturated carbocycles. The van der Waals surface area contributed by atoms with Gasteiger partial charge in [0, 0.05) is 18.3 Å². The second kappa shape index (κ2) is 15.0. The molecule has 0 bridgehead atoms. The molecule has 0 aliphatic heterocycles. The highest BCUT2D eigenvalue weighted by atomic mass is 32.2. The maximum absolute atomic E-state index is 13.1. The number of carboxylic acid groups (broad SMARTS) is 1. The van der Waals surface area contributed by atoms with Crippen molar-refractivity contribution in [1.29, 1.82) is 0 Å². The summed E-state index contributed by atoms with van der Waals surface area (Å²) in [5.74, 6) is -3.61. The summed E-state index contributed by atoms with van der Waals surface area (Å²) in [5, 5.41) is 16.8. The summed E-state index contributed by atoms with van der Waals surface area (Å²) in [4.78, 5) is 67.9. The SMILES string of the molecule is CSCCC(N)C(=O)NC(CC(C)C)C(=O)NC(Cc1cnc[nH]1)C(=O)NC(CC(N)=O)C(=O)O. The van der Waals surface area contributed by atoms with Gasteiger partial charge in [-0.15, -0.1) is 0 Å². The molecule has 4 atom stereocenters. The van der Waals surface area contributed by atoms with E-state index in [4.69, 9.17) is 11.5 Å². The van der Waals surface area contributed by atoms with Crippen LogP contribution in [0.2, 0.25) is 0 Å². The van der Waals surface area contributed by atoms with Gasteiger partial charge in [-0.2, -0.15) is 11.8 Å². The summed E-state index contributed by atoms with van der Waals surface area (Å²) in [5.41, 5.74) is 11.5. The Morgan fingerprint density at radius 1 is 1.06 bits per heavy atom. The third-order valence-corrected chi connectivity index (χ3v) is 5.59. The van der Waals surface area contributed by atoms with Gasteiger partial charge in [0.05, 0.1) is 18.8 Å². The predicted octanol–water partition coefficient (Wildman–Crippen LogP) is -1.51.